The van der Waals surface area contributed by atoms with Gasteiger partial charge in [0.1, 0.15) is 5.54 Å². The Bertz CT molecular complexity index is 489. The number of carboxylic acid groups (broad SMARTS) is 1. The molecular formula is C13H15Cl2NO3. The smallest absolute Gasteiger partial charge is 0.328 e. The first-order valence-electron chi connectivity index (χ1n) is 5.98. The van der Waals surface area contributed by atoms with Crippen LogP contribution in [0.15, 0.2) is 18.2 Å². The molecule has 4 nitrogen and oxygen atoms in total. The molecule has 104 valence electrons. The van der Waals surface area contributed by atoms with Crippen LogP contribution in [0.2, 0.25) is 10.0 Å². The van der Waals surface area contributed by atoms with Crippen molar-refractivity contribution in [1.29, 1.82) is 0 Å². The summed E-state index contributed by atoms with van der Waals surface area (Å²) in [5.41, 5.74) is -0.505. The molecule has 1 aliphatic heterocycles. The van der Waals surface area contributed by atoms with E-state index in [0.717, 1.165) is 0 Å². The van der Waals surface area contributed by atoms with Crippen LogP contribution in [0.1, 0.15) is 12.5 Å². The second-order valence-corrected chi connectivity index (χ2v) is 5.42. The van der Waals surface area contributed by atoms with Crippen molar-refractivity contribution in [3.8, 4) is 0 Å². The average molecular weight is 304 g/mol. The van der Waals surface area contributed by atoms with Gasteiger partial charge in [0.05, 0.1) is 23.3 Å². The zero-order chi connectivity index (χ0) is 14.0. The maximum atomic E-state index is 11.8. The quantitative estimate of drug-likeness (QED) is 0.932. The lowest BCUT2D eigenvalue weighted by Crippen LogP contribution is -2.54. The number of ether oxygens (including phenoxy) is 1. The second-order valence-electron chi connectivity index (χ2n) is 4.61. The standard InChI is InChI=1S/C13H15Cl2NO3/c1-13(12(17)18,16-4-6-19-7-5-16)9-2-3-10(14)11(15)8-9/h2-3,8H,4-7H2,1H3,(H,17,18). The number of nitrogens with zero attached hydrogens (tertiary/aromatic N) is 1. The highest BCUT2D eigenvalue weighted by atomic mass is 35.5. The Labute approximate surface area is 121 Å². The normalized spacial score (nSPS) is 19.9. The van der Waals surface area contributed by atoms with Gasteiger partial charge in [0.15, 0.2) is 0 Å². The van der Waals surface area contributed by atoms with Crippen molar-refractivity contribution < 1.29 is 14.6 Å². The Morgan fingerprint density at radius 2 is 1.95 bits per heavy atom. The maximum Gasteiger partial charge on any atom is 0.328 e. The van der Waals surface area contributed by atoms with Gasteiger partial charge in [-0.05, 0) is 24.6 Å². The van der Waals surface area contributed by atoms with Gasteiger partial charge >= 0.3 is 5.97 Å². The van der Waals surface area contributed by atoms with E-state index in [1.54, 1.807) is 25.1 Å². The van der Waals surface area contributed by atoms with Gasteiger partial charge in [0.25, 0.3) is 0 Å². The Morgan fingerprint density at radius 1 is 1.32 bits per heavy atom. The Morgan fingerprint density at radius 3 is 2.47 bits per heavy atom. The van der Waals surface area contributed by atoms with Crippen molar-refractivity contribution in [3.63, 3.8) is 0 Å². The molecule has 1 unspecified atom stereocenters. The molecule has 1 atom stereocenters. The summed E-state index contributed by atoms with van der Waals surface area (Å²) >= 11 is 11.9. The van der Waals surface area contributed by atoms with E-state index in [2.05, 4.69) is 0 Å². The lowest BCUT2D eigenvalue weighted by Gasteiger charge is -2.40. The fraction of sp³-hybridized carbons (Fsp3) is 0.462. The van der Waals surface area contributed by atoms with Gasteiger partial charge in [-0.2, -0.15) is 0 Å². The first-order valence-corrected chi connectivity index (χ1v) is 6.73. The van der Waals surface area contributed by atoms with E-state index < -0.39 is 11.5 Å². The van der Waals surface area contributed by atoms with Crippen molar-refractivity contribution in [1.82, 2.24) is 4.90 Å². The van der Waals surface area contributed by atoms with E-state index >= 15 is 0 Å². The molecule has 0 radical (unpaired) electrons. The molecule has 1 aromatic rings. The molecule has 1 aliphatic rings. The summed E-state index contributed by atoms with van der Waals surface area (Å²) < 4.78 is 5.27. The van der Waals surface area contributed by atoms with Crippen LogP contribution in [0, 0.1) is 0 Å². The van der Waals surface area contributed by atoms with Crippen LogP contribution in [-0.4, -0.2) is 42.3 Å². The monoisotopic (exact) mass is 303 g/mol. The number of hydrogen-bond acceptors (Lipinski definition) is 3. The highest BCUT2D eigenvalue weighted by Gasteiger charge is 2.42. The summed E-state index contributed by atoms with van der Waals surface area (Å²) in [6, 6.07) is 4.95. The van der Waals surface area contributed by atoms with E-state index in [1.165, 1.54) is 0 Å². The highest BCUT2D eigenvalue weighted by molar-refractivity contribution is 6.42. The van der Waals surface area contributed by atoms with Gasteiger partial charge in [0, 0.05) is 13.1 Å². The zero-order valence-corrected chi connectivity index (χ0v) is 12.0. The molecule has 1 fully saturated rings. The number of morpholine rings is 1. The molecule has 6 heteroatoms. The first-order chi connectivity index (χ1) is 8.96. The maximum absolute atomic E-state index is 11.8. The SMILES string of the molecule is CC(C(=O)O)(c1ccc(Cl)c(Cl)c1)N1CCOCC1. The van der Waals surface area contributed by atoms with E-state index in [4.69, 9.17) is 27.9 Å². The van der Waals surface area contributed by atoms with E-state index in [-0.39, 0.29) is 0 Å². The summed E-state index contributed by atoms with van der Waals surface area (Å²) in [4.78, 5) is 13.6. The lowest BCUT2D eigenvalue weighted by molar-refractivity contribution is -0.154. The summed E-state index contributed by atoms with van der Waals surface area (Å²) in [7, 11) is 0. The number of carboxylic acids is 1. The van der Waals surface area contributed by atoms with Crippen molar-refractivity contribution in [2.24, 2.45) is 0 Å². The third-order valence-corrected chi connectivity index (χ3v) is 4.28. The molecule has 2 rings (SSSR count). The Kier molecular flexibility index (Phi) is 4.36. The van der Waals surface area contributed by atoms with Crippen molar-refractivity contribution in [2.45, 2.75) is 12.5 Å². The van der Waals surface area contributed by atoms with Gasteiger partial charge in [-0.1, -0.05) is 29.3 Å². The molecule has 19 heavy (non-hydrogen) atoms. The fourth-order valence-corrected chi connectivity index (χ4v) is 2.55. The third-order valence-electron chi connectivity index (χ3n) is 3.54. The van der Waals surface area contributed by atoms with Gasteiger partial charge in [-0.3, -0.25) is 4.90 Å². The number of rotatable bonds is 3. The van der Waals surface area contributed by atoms with Crippen LogP contribution >= 0.6 is 23.2 Å². The summed E-state index contributed by atoms with van der Waals surface area (Å²) in [5, 5.41) is 10.4. The molecule has 0 amide bonds. The molecule has 0 aliphatic carbocycles. The zero-order valence-electron chi connectivity index (χ0n) is 10.5. The average Bonchev–Trinajstić information content (AvgIpc) is 2.41. The number of carbonyl (C=O) groups is 1. The van der Waals surface area contributed by atoms with Crippen LogP contribution in [0.3, 0.4) is 0 Å². The number of hydrogen-bond donors (Lipinski definition) is 1. The minimum absolute atomic E-state index is 0.361. The molecule has 1 N–H and O–H groups in total. The van der Waals surface area contributed by atoms with Crippen LogP contribution < -0.4 is 0 Å². The minimum atomic E-state index is -1.13. The predicted octanol–water partition coefficient (Wildman–Crippen LogP) is 2.63. The van der Waals surface area contributed by atoms with E-state index in [1.807, 2.05) is 4.90 Å². The number of benzene rings is 1. The summed E-state index contributed by atoms with van der Waals surface area (Å²) in [6.45, 7) is 3.89. The largest absolute Gasteiger partial charge is 0.480 e. The van der Waals surface area contributed by atoms with E-state index in [0.29, 0.717) is 41.9 Å². The van der Waals surface area contributed by atoms with Gasteiger partial charge in [0.2, 0.25) is 0 Å². The van der Waals surface area contributed by atoms with Gasteiger partial charge in [-0.15, -0.1) is 0 Å². The van der Waals surface area contributed by atoms with Crippen LogP contribution in [0.5, 0.6) is 0 Å². The van der Waals surface area contributed by atoms with Crippen molar-refractivity contribution in [3.05, 3.63) is 33.8 Å². The first kappa shape index (κ1) is 14.6. The van der Waals surface area contributed by atoms with Crippen molar-refractivity contribution in [2.75, 3.05) is 26.3 Å². The highest BCUT2D eigenvalue weighted by Crippen LogP contribution is 2.33. The van der Waals surface area contributed by atoms with Crippen molar-refractivity contribution >= 4 is 29.2 Å². The molecule has 1 heterocycles. The third kappa shape index (κ3) is 2.72. The second kappa shape index (κ2) is 5.67. The Hall–Kier alpha value is -0.810. The fourth-order valence-electron chi connectivity index (χ4n) is 2.25. The minimum Gasteiger partial charge on any atom is -0.480 e. The molecule has 1 saturated heterocycles. The number of aliphatic carboxylic acids is 1. The van der Waals surface area contributed by atoms with Crippen LogP contribution in [0.4, 0.5) is 0 Å². The van der Waals surface area contributed by atoms with Gasteiger partial charge < -0.3 is 9.84 Å². The molecule has 0 aromatic heterocycles. The van der Waals surface area contributed by atoms with Gasteiger partial charge in [-0.25, -0.2) is 4.79 Å². The molecule has 0 bridgehead atoms. The topological polar surface area (TPSA) is 49.8 Å². The molecule has 1 aromatic carbocycles. The number of halogens is 2. The summed E-state index contributed by atoms with van der Waals surface area (Å²) in [5.74, 6) is -0.909. The molecule has 0 saturated carbocycles. The van der Waals surface area contributed by atoms with Crippen LogP contribution in [0.25, 0.3) is 0 Å². The Balaban J connectivity index is 2.42. The van der Waals surface area contributed by atoms with E-state index in [9.17, 15) is 9.90 Å². The summed E-state index contributed by atoms with van der Waals surface area (Å²) in [6.07, 6.45) is 0. The molecular weight excluding hydrogens is 289 g/mol. The predicted molar refractivity (Wildman–Crippen MR) is 73.8 cm³/mol. The molecule has 0 spiro atoms. The van der Waals surface area contributed by atoms with Crippen LogP contribution in [-0.2, 0) is 15.1 Å². The lowest BCUT2D eigenvalue weighted by atomic mass is 9.89.